The van der Waals surface area contributed by atoms with Crippen molar-refractivity contribution in [3.05, 3.63) is 325 Å². The van der Waals surface area contributed by atoms with Crippen LogP contribution in [0.2, 0.25) is 0 Å². The second-order valence-corrected chi connectivity index (χ2v) is 35.8. The van der Waals surface area contributed by atoms with Crippen molar-refractivity contribution < 1.29 is 0 Å². The number of aromatic nitrogens is 1. The molecule has 0 N–H and O–H groups in total. The number of fused-ring (bicyclic) bond motifs is 15. The monoisotopic (exact) mass is 1400 g/mol. The minimum absolute atomic E-state index is 0.0959. The summed E-state index contributed by atoms with van der Waals surface area (Å²) in [6.45, 7) is 35.2. The Hall–Kier alpha value is -11.5. The third-order valence-corrected chi connectivity index (χ3v) is 23.5. The molecule has 2 aliphatic rings. The molecule has 2 aliphatic heterocycles. The highest BCUT2D eigenvalue weighted by atomic mass is 15.2. The molecule has 0 amide bonds. The first kappa shape index (κ1) is 68.4. The van der Waals surface area contributed by atoms with Gasteiger partial charge in [0.05, 0.1) is 27.9 Å². The molecule has 3 nitrogen and oxygen atoms in total. The number of nitrogens with zero attached hydrogens (tertiary/aromatic N) is 3. The van der Waals surface area contributed by atoms with Crippen LogP contribution in [0.1, 0.15) is 132 Å². The molecule has 0 fully saturated rings. The Kier molecular flexibility index (Phi) is 15.9. The predicted molar refractivity (Wildman–Crippen MR) is 468 cm³/mol. The van der Waals surface area contributed by atoms with Crippen molar-refractivity contribution >= 4 is 117 Å². The molecule has 0 saturated heterocycles. The van der Waals surface area contributed by atoms with Gasteiger partial charge in [0, 0.05) is 55.4 Å². The molecule has 0 bridgehead atoms. The first-order chi connectivity index (χ1) is 51.7. The molecule has 18 rings (SSSR count). The molecule has 0 unspecified atom stereocenters. The summed E-state index contributed by atoms with van der Waals surface area (Å²) < 4.78 is 2.68. The molecule has 16 aromatic rings. The molecule has 0 atom stereocenters. The van der Waals surface area contributed by atoms with Gasteiger partial charge in [-0.25, -0.2) is 0 Å². The maximum Gasteiger partial charge on any atom is 0.252 e. The van der Waals surface area contributed by atoms with E-state index in [1.807, 2.05) is 0 Å². The van der Waals surface area contributed by atoms with Crippen LogP contribution in [0.3, 0.4) is 0 Å². The fourth-order valence-corrected chi connectivity index (χ4v) is 17.5. The molecular weight excluding hydrogens is 1300 g/mol. The fraction of sp³-hybridized carbons (Fsp3) is 0.192. The highest BCUT2D eigenvalue weighted by molar-refractivity contribution is 7.00. The standard InChI is InChI=1S/C104H94BN3/c1-100(2,3)73-54-71(55-74(60-73)101(4,5)6)69-49-53-91-89(58-69)105-88-52-48-70(72-56-75(102(7,8)9)61-76(57-72)103(10,11)12)59-92(88)106(78-50-46-66(47-51-78)65-32-19-16-20-33-65)94-64-93-95(85-44-31-43-84-82-41-28-26-39-80(82)79-38-25-27-40-81(79)83-42-29-30-45-90(83)107(93)97(84)85)99(96(94)105)108(91)98-86(67-34-21-17-22-35-67)62-77(104(13,14)15)63-87(98)68-36-23-18-24-37-68/h16-64H,1-15H3. The average Bonchev–Trinajstić information content (AvgIpc) is 1.33. The Balaban J connectivity index is 1.09. The Bertz CT molecular complexity index is 6240. The summed E-state index contributed by atoms with van der Waals surface area (Å²) in [7, 11) is 0. The minimum Gasteiger partial charge on any atom is -0.311 e. The zero-order valence-corrected chi connectivity index (χ0v) is 65.2. The van der Waals surface area contributed by atoms with E-state index < -0.39 is 0 Å². The molecule has 528 valence electrons. The smallest absolute Gasteiger partial charge is 0.252 e. The van der Waals surface area contributed by atoms with Crippen molar-refractivity contribution in [1.82, 2.24) is 4.40 Å². The quantitative estimate of drug-likeness (QED) is 0.147. The SMILES string of the molecule is CC(C)(C)c1cc(-c2ccc3c(c2)B2c4ccc(-c5cc(C(C)(C)C)cc(C(C)(C)C)c5)cc4N(c4ccc(-c5ccccc5)cc4)c4cc5c(c(c42)N3c2c(-c3ccccc3)cc(C(C)(C)C)cc2-c2ccccc2)c2cccc3c4ccccc4c4ccccc4c4ccccc4n5c32)cc(C(C)(C)C)c1. The molecule has 4 heterocycles. The Morgan fingerprint density at radius 1 is 0.241 bits per heavy atom. The summed E-state index contributed by atoms with van der Waals surface area (Å²) in [5.41, 5.74) is 31.8. The normalized spacial score (nSPS) is 13.3. The first-order valence-electron chi connectivity index (χ1n) is 38.8. The van der Waals surface area contributed by atoms with Crippen LogP contribution in [0.5, 0.6) is 0 Å². The molecule has 2 aromatic heterocycles. The van der Waals surface area contributed by atoms with Gasteiger partial charge in [0.1, 0.15) is 0 Å². The minimum atomic E-state index is -0.275. The first-order valence-corrected chi connectivity index (χ1v) is 38.8. The van der Waals surface area contributed by atoms with Gasteiger partial charge >= 0.3 is 0 Å². The lowest BCUT2D eigenvalue weighted by Crippen LogP contribution is -2.61. The lowest BCUT2D eigenvalue weighted by molar-refractivity contribution is 0.568. The van der Waals surface area contributed by atoms with Gasteiger partial charge in [-0.1, -0.05) is 353 Å². The Morgan fingerprint density at radius 2 is 0.648 bits per heavy atom. The lowest BCUT2D eigenvalue weighted by Gasteiger charge is -2.45. The van der Waals surface area contributed by atoms with Gasteiger partial charge in [0.2, 0.25) is 0 Å². The third kappa shape index (κ3) is 11.4. The van der Waals surface area contributed by atoms with Crippen LogP contribution in [0.4, 0.5) is 34.1 Å². The summed E-state index contributed by atoms with van der Waals surface area (Å²) in [5.74, 6) is 0. The molecule has 0 saturated carbocycles. The van der Waals surface area contributed by atoms with E-state index in [0.717, 1.165) is 50.6 Å². The van der Waals surface area contributed by atoms with Gasteiger partial charge in [-0.2, -0.15) is 0 Å². The van der Waals surface area contributed by atoms with Gasteiger partial charge in [0.25, 0.3) is 6.71 Å². The van der Waals surface area contributed by atoms with Crippen molar-refractivity contribution in [1.29, 1.82) is 0 Å². The largest absolute Gasteiger partial charge is 0.311 e. The van der Waals surface area contributed by atoms with Gasteiger partial charge in [0.15, 0.2) is 0 Å². The topological polar surface area (TPSA) is 10.9 Å². The number of hydrogen-bond acceptors (Lipinski definition) is 2. The van der Waals surface area contributed by atoms with Crippen LogP contribution in [0, 0.1) is 0 Å². The van der Waals surface area contributed by atoms with E-state index in [0.29, 0.717) is 0 Å². The van der Waals surface area contributed by atoms with Gasteiger partial charge in [-0.3, -0.25) is 0 Å². The molecule has 108 heavy (non-hydrogen) atoms. The van der Waals surface area contributed by atoms with Crippen molar-refractivity contribution in [2.75, 3.05) is 9.80 Å². The van der Waals surface area contributed by atoms with Crippen molar-refractivity contribution in [3.63, 3.8) is 0 Å². The van der Waals surface area contributed by atoms with E-state index in [2.05, 4.69) is 415 Å². The van der Waals surface area contributed by atoms with E-state index in [1.165, 1.54) is 143 Å². The van der Waals surface area contributed by atoms with E-state index in [9.17, 15) is 0 Å². The highest BCUT2D eigenvalue weighted by Crippen LogP contribution is 2.56. The van der Waals surface area contributed by atoms with E-state index in [1.54, 1.807) is 0 Å². The van der Waals surface area contributed by atoms with E-state index in [-0.39, 0.29) is 33.8 Å². The van der Waals surface area contributed by atoms with Crippen LogP contribution in [-0.4, -0.2) is 11.1 Å². The molecule has 4 heteroatoms. The summed E-state index contributed by atoms with van der Waals surface area (Å²) in [6, 6.07) is 115. The summed E-state index contributed by atoms with van der Waals surface area (Å²) in [4.78, 5) is 5.46. The van der Waals surface area contributed by atoms with E-state index >= 15 is 0 Å². The van der Waals surface area contributed by atoms with Crippen molar-refractivity contribution in [2.24, 2.45) is 0 Å². The predicted octanol–water partition coefficient (Wildman–Crippen LogP) is 27.2. The number of hydrogen-bond donors (Lipinski definition) is 0. The zero-order chi connectivity index (χ0) is 74.7. The van der Waals surface area contributed by atoms with Gasteiger partial charge in [-0.05, 0) is 186 Å². The molecule has 0 radical (unpaired) electrons. The molecular formula is C104H94BN3. The second kappa shape index (κ2) is 25.1. The maximum atomic E-state index is 2.79. The summed E-state index contributed by atoms with van der Waals surface area (Å²) in [6.07, 6.45) is 0. The van der Waals surface area contributed by atoms with Crippen LogP contribution < -0.4 is 26.2 Å². The van der Waals surface area contributed by atoms with Crippen LogP contribution in [-0.2, 0) is 27.1 Å². The Morgan fingerprint density at radius 3 is 1.17 bits per heavy atom. The number of rotatable bonds is 7. The van der Waals surface area contributed by atoms with Crippen LogP contribution in [0.15, 0.2) is 297 Å². The molecule has 14 aromatic carbocycles. The maximum absolute atomic E-state index is 2.79. The summed E-state index contributed by atoms with van der Waals surface area (Å²) in [5, 5.41) is 9.57. The zero-order valence-electron chi connectivity index (χ0n) is 65.2. The second-order valence-electron chi connectivity index (χ2n) is 35.8. The number of para-hydroxylation sites is 2. The van der Waals surface area contributed by atoms with Gasteiger partial charge in [-0.15, -0.1) is 0 Å². The van der Waals surface area contributed by atoms with Gasteiger partial charge < -0.3 is 14.2 Å². The van der Waals surface area contributed by atoms with Crippen molar-refractivity contribution in [3.8, 4) is 55.6 Å². The number of benzene rings is 14. The lowest BCUT2D eigenvalue weighted by atomic mass is 9.33. The fourth-order valence-electron chi connectivity index (χ4n) is 17.5. The van der Waals surface area contributed by atoms with Crippen LogP contribution >= 0.6 is 0 Å². The molecule has 0 aliphatic carbocycles. The number of anilines is 6. The third-order valence-electron chi connectivity index (χ3n) is 23.5. The molecule has 0 spiro atoms. The summed E-state index contributed by atoms with van der Waals surface area (Å²) >= 11 is 0. The highest BCUT2D eigenvalue weighted by Gasteiger charge is 2.47. The average molecular weight is 1400 g/mol. The van der Waals surface area contributed by atoms with Crippen molar-refractivity contribution in [2.45, 2.75) is 131 Å². The van der Waals surface area contributed by atoms with E-state index in [4.69, 9.17) is 0 Å². The Labute approximate surface area is 638 Å². The van der Waals surface area contributed by atoms with Crippen LogP contribution in [0.25, 0.3) is 115 Å².